The van der Waals surface area contributed by atoms with Gasteiger partial charge in [-0.15, -0.1) is 0 Å². The Hall–Kier alpha value is -0.510. The summed E-state index contributed by atoms with van der Waals surface area (Å²) in [4.78, 5) is 1.21. The first-order chi connectivity index (χ1) is 6.24. The fourth-order valence-electron chi connectivity index (χ4n) is 1.01. The molecule has 0 aliphatic carbocycles. The Morgan fingerprint density at radius 2 is 2.31 bits per heavy atom. The SMILES string of the molecule is COCSc1cccc(C(C)N)c1. The molecule has 13 heavy (non-hydrogen) atoms. The summed E-state index contributed by atoms with van der Waals surface area (Å²) in [7, 11) is 1.70. The summed E-state index contributed by atoms with van der Waals surface area (Å²) in [6.45, 7) is 1.99. The van der Waals surface area contributed by atoms with E-state index in [0.717, 1.165) is 0 Å². The fraction of sp³-hybridized carbons (Fsp3) is 0.400. The molecule has 1 rings (SSSR count). The molecule has 1 atom stereocenters. The maximum absolute atomic E-state index is 5.77. The van der Waals surface area contributed by atoms with E-state index in [-0.39, 0.29) is 6.04 Å². The summed E-state index contributed by atoms with van der Waals surface area (Å²) in [5.41, 5.74) is 6.94. The Bertz CT molecular complexity index is 263. The van der Waals surface area contributed by atoms with E-state index in [0.29, 0.717) is 5.94 Å². The number of benzene rings is 1. The van der Waals surface area contributed by atoms with Crippen LogP contribution in [0.3, 0.4) is 0 Å². The van der Waals surface area contributed by atoms with E-state index in [4.69, 9.17) is 10.5 Å². The van der Waals surface area contributed by atoms with Crippen LogP contribution in [0.25, 0.3) is 0 Å². The zero-order valence-electron chi connectivity index (χ0n) is 7.99. The van der Waals surface area contributed by atoms with E-state index in [1.165, 1.54) is 10.5 Å². The quantitative estimate of drug-likeness (QED) is 0.594. The normalized spacial score (nSPS) is 12.8. The second kappa shape index (κ2) is 5.27. The van der Waals surface area contributed by atoms with Gasteiger partial charge in [-0.3, -0.25) is 0 Å². The summed E-state index contributed by atoms with van der Waals surface area (Å²) >= 11 is 1.67. The van der Waals surface area contributed by atoms with Crippen LogP contribution >= 0.6 is 11.8 Å². The number of methoxy groups -OCH3 is 1. The minimum Gasteiger partial charge on any atom is -0.374 e. The van der Waals surface area contributed by atoms with Crippen molar-refractivity contribution in [2.45, 2.75) is 17.9 Å². The molecule has 2 N–H and O–H groups in total. The standard InChI is InChI=1S/C10H15NOS/c1-8(11)9-4-3-5-10(6-9)13-7-12-2/h3-6,8H,7,11H2,1-2H3. The van der Waals surface area contributed by atoms with E-state index in [1.54, 1.807) is 18.9 Å². The van der Waals surface area contributed by atoms with Crippen LogP contribution in [0.4, 0.5) is 0 Å². The first kappa shape index (κ1) is 10.6. The number of rotatable bonds is 4. The molecular weight excluding hydrogens is 182 g/mol. The fourth-order valence-corrected chi connectivity index (χ4v) is 1.66. The Morgan fingerprint density at radius 1 is 1.54 bits per heavy atom. The Kier molecular flexibility index (Phi) is 4.28. The molecular formula is C10H15NOS. The summed E-state index contributed by atoms with van der Waals surface area (Å²) in [6, 6.07) is 8.34. The number of nitrogens with two attached hydrogens (primary N) is 1. The lowest BCUT2D eigenvalue weighted by molar-refractivity contribution is 0.259. The molecule has 0 aliphatic heterocycles. The van der Waals surface area contributed by atoms with Crippen molar-refractivity contribution < 1.29 is 4.74 Å². The number of hydrogen-bond donors (Lipinski definition) is 1. The van der Waals surface area contributed by atoms with Gasteiger partial charge in [0.05, 0.1) is 5.94 Å². The lowest BCUT2D eigenvalue weighted by Gasteiger charge is -2.07. The summed E-state index contributed by atoms with van der Waals surface area (Å²) in [5, 5.41) is 0. The van der Waals surface area contributed by atoms with Crippen molar-refractivity contribution in [3.63, 3.8) is 0 Å². The van der Waals surface area contributed by atoms with Crippen LogP contribution in [0, 0.1) is 0 Å². The number of thioether (sulfide) groups is 1. The smallest absolute Gasteiger partial charge is 0.0963 e. The Labute approximate surface area is 83.5 Å². The molecule has 0 amide bonds. The van der Waals surface area contributed by atoms with Crippen molar-refractivity contribution in [2.75, 3.05) is 13.0 Å². The van der Waals surface area contributed by atoms with Crippen molar-refractivity contribution in [3.8, 4) is 0 Å². The molecule has 0 saturated heterocycles. The van der Waals surface area contributed by atoms with Gasteiger partial charge in [0.25, 0.3) is 0 Å². The molecule has 72 valence electrons. The highest BCUT2D eigenvalue weighted by molar-refractivity contribution is 7.99. The van der Waals surface area contributed by atoms with Crippen molar-refractivity contribution in [3.05, 3.63) is 29.8 Å². The largest absolute Gasteiger partial charge is 0.374 e. The molecule has 0 spiro atoms. The van der Waals surface area contributed by atoms with Crippen LogP contribution in [0.15, 0.2) is 29.2 Å². The minimum atomic E-state index is 0.100. The van der Waals surface area contributed by atoms with Crippen LogP contribution < -0.4 is 5.73 Å². The maximum atomic E-state index is 5.77. The summed E-state index contributed by atoms with van der Waals surface area (Å²) < 4.78 is 4.98. The van der Waals surface area contributed by atoms with Gasteiger partial charge in [0.1, 0.15) is 0 Å². The molecule has 1 unspecified atom stereocenters. The Morgan fingerprint density at radius 3 is 2.92 bits per heavy atom. The zero-order chi connectivity index (χ0) is 9.68. The molecule has 1 aromatic carbocycles. The van der Waals surface area contributed by atoms with E-state index < -0.39 is 0 Å². The van der Waals surface area contributed by atoms with Crippen LogP contribution in [-0.4, -0.2) is 13.0 Å². The number of hydrogen-bond acceptors (Lipinski definition) is 3. The van der Waals surface area contributed by atoms with Gasteiger partial charge >= 0.3 is 0 Å². The predicted octanol–water partition coefficient (Wildman–Crippen LogP) is 2.40. The monoisotopic (exact) mass is 197 g/mol. The molecule has 0 aromatic heterocycles. The average Bonchev–Trinajstić information content (AvgIpc) is 2.15. The summed E-state index contributed by atoms with van der Waals surface area (Å²) in [6.07, 6.45) is 0. The number of ether oxygens (including phenoxy) is 1. The van der Waals surface area contributed by atoms with Gasteiger partial charge in [-0.05, 0) is 24.6 Å². The van der Waals surface area contributed by atoms with E-state index in [1.807, 2.05) is 19.1 Å². The van der Waals surface area contributed by atoms with Gasteiger partial charge in [-0.2, -0.15) is 0 Å². The third kappa shape index (κ3) is 3.38. The van der Waals surface area contributed by atoms with Crippen LogP contribution in [0.5, 0.6) is 0 Å². The van der Waals surface area contributed by atoms with E-state index >= 15 is 0 Å². The van der Waals surface area contributed by atoms with Gasteiger partial charge < -0.3 is 10.5 Å². The second-order valence-electron chi connectivity index (χ2n) is 2.91. The lowest BCUT2D eigenvalue weighted by atomic mass is 10.1. The molecule has 0 heterocycles. The average molecular weight is 197 g/mol. The third-order valence-corrected chi connectivity index (χ3v) is 2.67. The topological polar surface area (TPSA) is 35.2 Å². The van der Waals surface area contributed by atoms with Gasteiger partial charge in [-0.25, -0.2) is 0 Å². The molecule has 0 radical (unpaired) electrons. The van der Waals surface area contributed by atoms with Gasteiger partial charge in [0.2, 0.25) is 0 Å². The third-order valence-electron chi connectivity index (χ3n) is 1.73. The first-order valence-corrected chi connectivity index (χ1v) is 5.20. The maximum Gasteiger partial charge on any atom is 0.0963 e. The van der Waals surface area contributed by atoms with E-state index in [9.17, 15) is 0 Å². The van der Waals surface area contributed by atoms with Gasteiger partial charge in [0.15, 0.2) is 0 Å². The van der Waals surface area contributed by atoms with Crippen molar-refractivity contribution >= 4 is 11.8 Å². The predicted molar refractivity (Wildman–Crippen MR) is 56.8 cm³/mol. The second-order valence-corrected chi connectivity index (χ2v) is 3.91. The molecule has 0 saturated carbocycles. The molecule has 0 bridgehead atoms. The minimum absolute atomic E-state index is 0.100. The van der Waals surface area contributed by atoms with Crippen LogP contribution in [0.1, 0.15) is 18.5 Å². The van der Waals surface area contributed by atoms with Gasteiger partial charge in [-0.1, -0.05) is 23.9 Å². The molecule has 2 nitrogen and oxygen atoms in total. The lowest BCUT2D eigenvalue weighted by Crippen LogP contribution is -2.04. The highest BCUT2D eigenvalue weighted by atomic mass is 32.2. The van der Waals surface area contributed by atoms with Crippen LogP contribution in [-0.2, 0) is 4.74 Å². The van der Waals surface area contributed by atoms with Crippen molar-refractivity contribution in [1.29, 1.82) is 0 Å². The molecule has 0 aliphatic rings. The molecule has 3 heteroatoms. The zero-order valence-corrected chi connectivity index (χ0v) is 8.80. The summed E-state index contributed by atoms with van der Waals surface area (Å²) in [5.74, 6) is 0.683. The van der Waals surface area contributed by atoms with Crippen molar-refractivity contribution in [2.24, 2.45) is 5.73 Å². The van der Waals surface area contributed by atoms with Crippen LogP contribution in [0.2, 0.25) is 0 Å². The molecule has 1 aromatic rings. The first-order valence-electron chi connectivity index (χ1n) is 4.21. The highest BCUT2D eigenvalue weighted by Crippen LogP contribution is 2.21. The highest BCUT2D eigenvalue weighted by Gasteiger charge is 2.00. The molecule has 0 fully saturated rings. The van der Waals surface area contributed by atoms with E-state index in [2.05, 4.69) is 12.1 Å². The van der Waals surface area contributed by atoms with Gasteiger partial charge in [0, 0.05) is 18.0 Å². The Balaban J connectivity index is 2.68. The van der Waals surface area contributed by atoms with Crippen molar-refractivity contribution in [1.82, 2.24) is 0 Å².